The Kier molecular flexibility index (Phi) is 3.74. The van der Waals surface area contributed by atoms with Crippen molar-refractivity contribution in [3.05, 3.63) is 39.7 Å². The maximum absolute atomic E-state index is 5.63. The van der Waals surface area contributed by atoms with Gasteiger partial charge in [0.1, 0.15) is 12.0 Å². The lowest BCUT2D eigenvalue weighted by molar-refractivity contribution is 0.330. The molecule has 0 atom stereocenters. The first kappa shape index (κ1) is 12.5. The molecule has 3 nitrogen and oxygen atoms in total. The number of oxazole rings is 1. The van der Waals surface area contributed by atoms with Crippen molar-refractivity contribution in [3.63, 3.8) is 0 Å². The second-order valence-electron chi connectivity index (χ2n) is 3.71. The van der Waals surface area contributed by atoms with Gasteiger partial charge in [0, 0.05) is 4.47 Å². The smallest absolute Gasteiger partial charge is 0.399 e. The number of hydrogen-bond donors (Lipinski definition) is 0. The predicted octanol–water partition coefficient (Wildman–Crippen LogP) is 4.59. The van der Waals surface area contributed by atoms with Gasteiger partial charge in [-0.1, -0.05) is 15.9 Å². The van der Waals surface area contributed by atoms with E-state index in [2.05, 4.69) is 20.9 Å². The molecule has 0 aliphatic heterocycles. The Morgan fingerprint density at radius 1 is 1.35 bits per heavy atom. The van der Waals surface area contributed by atoms with Crippen molar-refractivity contribution in [1.82, 2.24) is 4.98 Å². The van der Waals surface area contributed by atoms with Crippen molar-refractivity contribution in [2.75, 3.05) is 0 Å². The molecule has 0 aliphatic rings. The Hall–Kier alpha value is -1.00. The average molecular weight is 317 g/mol. The fourth-order valence-corrected chi connectivity index (χ4v) is 1.81. The summed E-state index contributed by atoms with van der Waals surface area (Å²) in [5, 5.41) is 0. The van der Waals surface area contributed by atoms with Crippen LogP contribution in [0.5, 0.6) is 11.8 Å². The quantitative estimate of drug-likeness (QED) is 0.777. The normalized spacial score (nSPS) is 10.6. The van der Waals surface area contributed by atoms with Gasteiger partial charge >= 0.3 is 6.08 Å². The van der Waals surface area contributed by atoms with Crippen LogP contribution in [0.4, 0.5) is 0 Å². The molecule has 0 spiro atoms. The monoisotopic (exact) mass is 315 g/mol. The van der Waals surface area contributed by atoms with Crippen molar-refractivity contribution >= 4 is 27.5 Å². The molecule has 1 aromatic heterocycles. The lowest BCUT2D eigenvalue weighted by Gasteiger charge is -2.06. The summed E-state index contributed by atoms with van der Waals surface area (Å²) >= 11 is 9.13. The van der Waals surface area contributed by atoms with Gasteiger partial charge in [-0.05, 0) is 37.1 Å². The molecule has 1 heterocycles. The summed E-state index contributed by atoms with van der Waals surface area (Å²) in [4.78, 5) is 4.07. The number of halogens is 2. The van der Waals surface area contributed by atoms with Crippen molar-refractivity contribution < 1.29 is 9.15 Å². The van der Waals surface area contributed by atoms with Crippen LogP contribution in [-0.4, -0.2) is 4.98 Å². The van der Waals surface area contributed by atoms with Crippen LogP contribution in [0.2, 0.25) is 0 Å². The van der Waals surface area contributed by atoms with Crippen LogP contribution >= 0.6 is 27.5 Å². The van der Waals surface area contributed by atoms with Gasteiger partial charge in [-0.2, -0.15) is 4.98 Å². The highest BCUT2D eigenvalue weighted by molar-refractivity contribution is 9.10. The molecule has 0 saturated carbocycles. The van der Waals surface area contributed by atoms with Gasteiger partial charge in [0.2, 0.25) is 0 Å². The molecule has 1 aromatic carbocycles. The number of ether oxygens (including phenoxy) is 1. The lowest BCUT2D eigenvalue weighted by atomic mass is 10.1. The highest BCUT2D eigenvalue weighted by atomic mass is 79.9. The number of hydrogen-bond acceptors (Lipinski definition) is 3. The first-order valence-electron chi connectivity index (χ1n) is 5.05. The van der Waals surface area contributed by atoms with Crippen molar-refractivity contribution in [2.45, 2.75) is 19.7 Å². The molecule has 0 amide bonds. The second-order valence-corrected chi connectivity index (χ2v) is 4.77. The van der Waals surface area contributed by atoms with Crippen LogP contribution < -0.4 is 4.74 Å². The van der Waals surface area contributed by atoms with Gasteiger partial charge in [-0.15, -0.1) is 11.6 Å². The molecular weight excluding hydrogens is 305 g/mol. The molecule has 0 fully saturated rings. The lowest BCUT2D eigenvalue weighted by Crippen LogP contribution is -1.89. The Bertz CT molecular complexity index is 516. The van der Waals surface area contributed by atoms with Crippen LogP contribution in [0, 0.1) is 13.8 Å². The van der Waals surface area contributed by atoms with Gasteiger partial charge in [0.15, 0.2) is 0 Å². The van der Waals surface area contributed by atoms with Gasteiger partial charge in [-0.25, -0.2) is 0 Å². The fourth-order valence-electron chi connectivity index (χ4n) is 1.46. The van der Waals surface area contributed by atoms with Gasteiger partial charge < -0.3 is 9.15 Å². The van der Waals surface area contributed by atoms with E-state index in [1.807, 2.05) is 26.0 Å². The largest absolute Gasteiger partial charge is 0.417 e. The van der Waals surface area contributed by atoms with Crippen molar-refractivity contribution in [3.8, 4) is 11.8 Å². The Morgan fingerprint density at radius 3 is 2.53 bits per heavy atom. The number of alkyl halides is 1. The Labute approximate surface area is 113 Å². The number of nitrogens with zero attached hydrogens (tertiary/aromatic N) is 1. The zero-order chi connectivity index (χ0) is 12.4. The minimum Gasteiger partial charge on any atom is -0.417 e. The number of aromatic nitrogens is 1. The predicted molar refractivity (Wildman–Crippen MR) is 69.8 cm³/mol. The Morgan fingerprint density at radius 2 is 2.00 bits per heavy atom. The number of rotatable bonds is 3. The molecule has 5 heteroatoms. The van der Waals surface area contributed by atoms with E-state index in [-0.39, 0.29) is 6.08 Å². The minimum absolute atomic E-state index is 0.210. The van der Waals surface area contributed by atoms with E-state index in [9.17, 15) is 0 Å². The first-order valence-corrected chi connectivity index (χ1v) is 6.38. The molecule has 90 valence electrons. The van der Waals surface area contributed by atoms with E-state index in [1.165, 1.54) is 6.26 Å². The standard InChI is InChI=1S/C12H11BrClNO2/c1-7-3-10(4-8(2)11(7)13)17-12-15-9(5-14)6-16-12/h3-4,6H,5H2,1-2H3. The van der Waals surface area contributed by atoms with E-state index >= 15 is 0 Å². The molecule has 0 unspecified atom stereocenters. The summed E-state index contributed by atoms with van der Waals surface area (Å²) in [5.41, 5.74) is 2.86. The van der Waals surface area contributed by atoms with E-state index in [1.54, 1.807) is 0 Å². The summed E-state index contributed by atoms with van der Waals surface area (Å²) in [6, 6.07) is 3.84. The van der Waals surface area contributed by atoms with E-state index in [0.717, 1.165) is 15.6 Å². The molecule has 2 rings (SSSR count). The van der Waals surface area contributed by atoms with Gasteiger partial charge in [-0.3, -0.25) is 0 Å². The van der Waals surface area contributed by atoms with Crippen LogP contribution in [0.3, 0.4) is 0 Å². The molecule has 2 aromatic rings. The topological polar surface area (TPSA) is 35.3 Å². The third-order valence-electron chi connectivity index (χ3n) is 2.28. The highest BCUT2D eigenvalue weighted by Crippen LogP contribution is 2.29. The van der Waals surface area contributed by atoms with Crippen LogP contribution in [0.1, 0.15) is 16.8 Å². The number of aryl methyl sites for hydroxylation is 2. The second kappa shape index (κ2) is 5.10. The maximum Gasteiger partial charge on any atom is 0.399 e. The SMILES string of the molecule is Cc1cc(Oc2nc(CCl)co2)cc(C)c1Br. The average Bonchev–Trinajstić information content (AvgIpc) is 2.73. The molecule has 17 heavy (non-hydrogen) atoms. The molecular formula is C12H11BrClNO2. The van der Waals surface area contributed by atoms with Gasteiger partial charge in [0.05, 0.1) is 11.6 Å². The van der Waals surface area contributed by atoms with E-state index in [0.29, 0.717) is 17.3 Å². The van der Waals surface area contributed by atoms with E-state index < -0.39 is 0 Å². The summed E-state index contributed by atoms with van der Waals surface area (Å²) in [6.07, 6.45) is 1.70. The number of benzene rings is 1. The summed E-state index contributed by atoms with van der Waals surface area (Å²) in [5.74, 6) is 1.01. The zero-order valence-electron chi connectivity index (χ0n) is 9.46. The maximum atomic E-state index is 5.63. The molecule has 0 bridgehead atoms. The molecule has 0 saturated heterocycles. The summed E-state index contributed by atoms with van der Waals surface area (Å²) in [7, 11) is 0. The van der Waals surface area contributed by atoms with Crippen molar-refractivity contribution in [1.29, 1.82) is 0 Å². The van der Waals surface area contributed by atoms with Crippen LogP contribution in [-0.2, 0) is 5.88 Å². The molecule has 0 aliphatic carbocycles. The third kappa shape index (κ3) is 2.82. The van der Waals surface area contributed by atoms with E-state index in [4.69, 9.17) is 20.8 Å². The molecule has 0 N–H and O–H groups in total. The minimum atomic E-state index is 0.210. The van der Waals surface area contributed by atoms with Crippen molar-refractivity contribution in [2.24, 2.45) is 0 Å². The first-order chi connectivity index (χ1) is 8.10. The highest BCUT2D eigenvalue weighted by Gasteiger charge is 2.08. The fraction of sp³-hybridized carbons (Fsp3) is 0.250. The zero-order valence-corrected chi connectivity index (χ0v) is 11.8. The summed E-state index contributed by atoms with van der Waals surface area (Å²) in [6.45, 7) is 4.01. The summed E-state index contributed by atoms with van der Waals surface area (Å²) < 4.78 is 11.7. The molecule has 0 radical (unpaired) electrons. The third-order valence-corrected chi connectivity index (χ3v) is 3.81. The van der Waals surface area contributed by atoms with Crippen LogP contribution in [0.15, 0.2) is 27.3 Å². The van der Waals surface area contributed by atoms with Gasteiger partial charge in [0.25, 0.3) is 0 Å². The Balaban J connectivity index is 2.24. The van der Waals surface area contributed by atoms with Crippen LogP contribution in [0.25, 0.3) is 0 Å².